The van der Waals surface area contributed by atoms with Crippen LogP contribution < -0.4 is 0 Å². The quantitative estimate of drug-likeness (QED) is 0.438. The molecule has 0 fully saturated rings. The zero-order valence-corrected chi connectivity index (χ0v) is 17.9. The predicted octanol–water partition coefficient (Wildman–Crippen LogP) is 2.17. The van der Waals surface area contributed by atoms with Gasteiger partial charge in [0.05, 0.1) is 42.2 Å². The minimum atomic E-state index is -0.273. The van der Waals surface area contributed by atoms with Gasteiger partial charge in [-0.15, -0.1) is 10.2 Å². The molecule has 0 aromatic carbocycles. The maximum atomic E-state index is 12.8. The first-order valence-corrected chi connectivity index (χ1v) is 10.2. The van der Waals surface area contributed by atoms with Gasteiger partial charge in [-0.1, -0.05) is 0 Å². The number of halogens is 1. The highest BCUT2D eigenvalue weighted by Crippen LogP contribution is 2.23. The van der Waals surface area contributed by atoms with Crippen molar-refractivity contribution < 1.29 is 13.6 Å². The van der Waals surface area contributed by atoms with Crippen molar-refractivity contribution in [3.05, 3.63) is 71.9 Å². The summed E-state index contributed by atoms with van der Waals surface area (Å²) in [7, 11) is 1.83. The highest BCUT2D eigenvalue weighted by Gasteiger charge is 2.27. The lowest BCUT2D eigenvalue weighted by atomic mass is 10.1. The van der Waals surface area contributed by atoms with Crippen molar-refractivity contribution in [1.82, 2.24) is 44.5 Å². The van der Waals surface area contributed by atoms with Crippen LogP contribution in [0.4, 0.5) is 4.39 Å². The van der Waals surface area contributed by atoms with E-state index in [1.165, 1.54) is 10.6 Å². The van der Waals surface area contributed by atoms with Crippen LogP contribution in [0.25, 0.3) is 17.0 Å². The molecule has 12 heteroatoms. The summed E-state index contributed by atoms with van der Waals surface area (Å²) in [4.78, 5) is 21.5. The number of nitrogens with zero attached hydrogens (tertiary/aromatic N) is 8. The number of nitrogens with one attached hydrogen (secondary N) is 1. The summed E-state index contributed by atoms with van der Waals surface area (Å²) in [6, 6.07) is 4.67. The third kappa shape index (κ3) is 3.86. The third-order valence-corrected chi connectivity index (χ3v) is 5.52. The van der Waals surface area contributed by atoms with Crippen LogP contribution in [0.15, 0.2) is 47.5 Å². The van der Waals surface area contributed by atoms with E-state index in [0.29, 0.717) is 30.9 Å². The van der Waals surface area contributed by atoms with E-state index in [-0.39, 0.29) is 17.6 Å². The third-order valence-electron chi connectivity index (χ3n) is 5.52. The number of hydrogen-bond donors (Lipinski definition) is 1. The van der Waals surface area contributed by atoms with Gasteiger partial charge in [0.1, 0.15) is 11.3 Å². The van der Waals surface area contributed by atoms with E-state index in [9.17, 15) is 9.18 Å². The molecule has 6 heterocycles. The summed E-state index contributed by atoms with van der Waals surface area (Å²) in [5, 5.41) is 15.9. The molecule has 1 aliphatic heterocycles. The maximum Gasteiger partial charge on any atom is 0.311 e. The van der Waals surface area contributed by atoms with Gasteiger partial charge in [-0.2, -0.15) is 10.2 Å². The standard InChI is InChI=1S/C14H15N7O2.C7H5FN2/c1-8-9(5-17-20(8)2)12-18-19-13(23-12)14(22)21-4-3-10-11(6-21)16-7-15-10;8-6-2-1-5-10-7(6)3-4-9-10/h5,7H,3-4,6H2,1-2H3,(H,15,16);1-5H. The minimum absolute atomic E-state index is 0.00813. The van der Waals surface area contributed by atoms with Crippen molar-refractivity contribution in [2.24, 2.45) is 7.05 Å². The summed E-state index contributed by atoms with van der Waals surface area (Å²) in [6.45, 7) is 2.95. The number of hydrogen-bond acceptors (Lipinski definition) is 7. The topological polar surface area (TPSA) is 123 Å². The molecule has 0 unspecified atom stereocenters. The number of carbonyl (C=O) groups is 1. The molecule has 0 saturated heterocycles. The number of fused-ring (bicyclic) bond motifs is 2. The summed E-state index contributed by atoms with van der Waals surface area (Å²) in [5.74, 6) is -0.213. The van der Waals surface area contributed by atoms with Gasteiger partial charge >= 0.3 is 11.8 Å². The Labute approximate surface area is 186 Å². The average molecular weight is 449 g/mol. The Kier molecular flexibility index (Phi) is 5.17. The van der Waals surface area contributed by atoms with Gasteiger partial charge in [0.25, 0.3) is 5.89 Å². The number of aromatic amines is 1. The van der Waals surface area contributed by atoms with Gasteiger partial charge < -0.3 is 14.3 Å². The van der Waals surface area contributed by atoms with E-state index in [0.717, 1.165) is 22.6 Å². The summed E-state index contributed by atoms with van der Waals surface area (Å²) in [6.07, 6.45) is 7.29. The molecule has 0 aliphatic carbocycles. The maximum absolute atomic E-state index is 12.8. The van der Waals surface area contributed by atoms with E-state index in [4.69, 9.17) is 4.42 Å². The van der Waals surface area contributed by atoms with Gasteiger partial charge in [0.15, 0.2) is 0 Å². The molecular weight excluding hydrogens is 429 g/mol. The van der Waals surface area contributed by atoms with Gasteiger partial charge in [0.2, 0.25) is 0 Å². The van der Waals surface area contributed by atoms with Crippen LogP contribution >= 0.6 is 0 Å². The Morgan fingerprint density at radius 2 is 2.12 bits per heavy atom. The van der Waals surface area contributed by atoms with Crippen molar-refractivity contribution in [3.8, 4) is 11.5 Å². The average Bonchev–Trinajstić information content (AvgIpc) is 3.62. The molecular formula is C21H20FN9O2. The number of rotatable bonds is 2. The fourth-order valence-electron chi connectivity index (χ4n) is 3.56. The number of imidazole rings is 1. The zero-order valence-electron chi connectivity index (χ0n) is 17.9. The molecule has 0 bridgehead atoms. The van der Waals surface area contributed by atoms with Crippen molar-refractivity contribution in [2.75, 3.05) is 6.54 Å². The van der Waals surface area contributed by atoms with Crippen molar-refractivity contribution >= 4 is 11.4 Å². The van der Waals surface area contributed by atoms with Gasteiger partial charge in [-0.3, -0.25) is 9.48 Å². The van der Waals surface area contributed by atoms with Gasteiger partial charge in [-0.25, -0.2) is 13.9 Å². The molecule has 1 aliphatic rings. The molecule has 0 saturated carbocycles. The van der Waals surface area contributed by atoms with Crippen molar-refractivity contribution in [3.63, 3.8) is 0 Å². The number of aryl methyl sites for hydroxylation is 1. The molecule has 33 heavy (non-hydrogen) atoms. The highest BCUT2D eigenvalue weighted by molar-refractivity contribution is 5.89. The molecule has 5 aromatic rings. The van der Waals surface area contributed by atoms with E-state index >= 15 is 0 Å². The lowest BCUT2D eigenvalue weighted by Gasteiger charge is -2.24. The Bertz CT molecular complexity index is 1430. The fraction of sp³-hybridized carbons (Fsp3) is 0.238. The number of pyridine rings is 1. The van der Waals surface area contributed by atoms with Crippen LogP contribution in [0, 0.1) is 12.7 Å². The molecule has 1 amide bonds. The monoisotopic (exact) mass is 449 g/mol. The molecule has 0 radical (unpaired) electrons. The second-order valence-electron chi connectivity index (χ2n) is 7.50. The normalized spacial score (nSPS) is 13.0. The molecule has 0 atom stereocenters. The van der Waals surface area contributed by atoms with Gasteiger partial charge in [-0.05, 0) is 25.1 Å². The smallest absolute Gasteiger partial charge is 0.311 e. The lowest BCUT2D eigenvalue weighted by molar-refractivity contribution is 0.0692. The molecule has 1 N–H and O–H groups in total. The first-order valence-electron chi connectivity index (χ1n) is 10.2. The molecule has 168 valence electrons. The van der Waals surface area contributed by atoms with E-state index in [1.807, 2.05) is 14.0 Å². The summed E-state index contributed by atoms with van der Waals surface area (Å²) >= 11 is 0. The molecule has 11 nitrogen and oxygen atoms in total. The van der Waals surface area contributed by atoms with Crippen molar-refractivity contribution in [1.29, 1.82) is 0 Å². The van der Waals surface area contributed by atoms with Crippen molar-refractivity contribution in [2.45, 2.75) is 19.9 Å². The molecule has 6 rings (SSSR count). The van der Waals surface area contributed by atoms with E-state index in [1.54, 1.807) is 46.6 Å². The minimum Gasteiger partial charge on any atom is -0.412 e. The largest absolute Gasteiger partial charge is 0.412 e. The Morgan fingerprint density at radius 3 is 2.91 bits per heavy atom. The Balaban J connectivity index is 0.000000190. The van der Waals surface area contributed by atoms with E-state index < -0.39 is 0 Å². The second kappa shape index (κ2) is 8.30. The van der Waals surface area contributed by atoms with Crippen LogP contribution in [-0.4, -0.2) is 56.9 Å². The summed E-state index contributed by atoms with van der Waals surface area (Å²) in [5.41, 5.74) is 4.10. The number of amides is 1. The lowest BCUT2D eigenvalue weighted by Crippen LogP contribution is -2.36. The van der Waals surface area contributed by atoms with Crippen LogP contribution in [0.5, 0.6) is 0 Å². The van der Waals surface area contributed by atoms with E-state index in [2.05, 4.69) is 30.4 Å². The Morgan fingerprint density at radius 1 is 1.24 bits per heavy atom. The van der Waals surface area contributed by atoms with Crippen LogP contribution in [0.1, 0.15) is 27.8 Å². The van der Waals surface area contributed by atoms with Crippen LogP contribution in [0.3, 0.4) is 0 Å². The van der Waals surface area contributed by atoms with Gasteiger partial charge in [0, 0.05) is 31.9 Å². The fourth-order valence-corrected chi connectivity index (χ4v) is 3.56. The second-order valence-corrected chi connectivity index (χ2v) is 7.50. The predicted molar refractivity (Wildman–Crippen MR) is 113 cm³/mol. The summed E-state index contributed by atoms with van der Waals surface area (Å²) < 4.78 is 21.5. The number of carbonyl (C=O) groups excluding carboxylic acids is 1. The SMILES string of the molecule is Cc1c(-c2nnc(C(=O)N3CCc4nc[nH]c4C3)o2)cnn1C.Fc1cccn2nccc12. The molecule has 0 spiro atoms. The first-order chi connectivity index (χ1) is 16.0. The zero-order chi connectivity index (χ0) is 22.9. The number of H-pyrrole nitrogens is 1. The number of aromatic nitrogens is 8. The molecule has 5 aromatic heterocycles. The Hall–Kier alpha value is -4.35. The highest BCUT2D eigenvalue weighted by atomic mass is 19.1. The van der Waals surface area contributed by atoms with Crippen LogP contribution in [-0.2, 0) is 20.0 Å². The van der Waals surface area contributed by atoms with Crippen LogP contribution in [0.2, 0.25) is 0 Å². The first kappa shape index (κ1) is 20.5.